The molecular weight excluding hydrogens is 282 g/mol. The van der Waals surface area contributed by atoms with Crippen LogP contribution >= 0.6 is 0 Å². The number of nitrogens with zero attached hydrogens (tertiary/aromatic N) is 2. The predicted molar refractivity (Wildman–Crippen MR) is 73.8 cm³/mol. The molecule has 1 aromatic carbocycles. The Balaban J connectivity index is 2.33. The second-order valence-corrected chi connectivity index (χ2v) is 6.50. The number of benzene rings is 1. The molecular formula is C12H17N3O4S. The number of nitrogens with two attached hydrogens (primary N) is 1. The predicted octanol–water partition coefficient (Wildman–Crippen LogP) is -0.260. The molecule has 0 aliphatic carbocycles. The average molecular weight is 299 g/mol. The third-order valence-corrected chi connectivity index (χ3v) is 5.11. The van der Waals surface area contributed by atoms with Crippen LogP contribution in [0.2, 0.25) is 0 Å². The zero-order valence-electron chi connectivity index (χ0n) is 11.4. The Hall–Kier alpha value is -1.80. The van der Waals surface area contributed by atoms with Crippen LogP contribution in [0.1, 0.15) is 0 Å². The smallest absolute Gasteiger partial charge is 0.243 e. The van der Waals surface area contributed by atoms with Crippen LogP contribution in [0.3, 0.4) is 0 Å². The highest BCUT2D eigenvalue weighted by molar-refractivity contribution is 7.89. The summed E-state index contributed by atoms with van der Waals surface area (Å²) >= 11 is 0. The van der Waals surface area contributed by atoms with Gasteiger partial charge in [-0.3, -0.25) is 4.79 Å². The van der Waals surface area contributed by atoms with Gasteiger partial charge in [0.15, 0.2) is 0 Å². The van der Waals surface area contributed by atoms with Gasteiger partial charge in [0.1, 0.15) is 5.75 Å². The van der Waals surface area contributed by atoms with E-state index in [1.807, 2.05) is 0 Å². The standard InChI is InChI=1S/C12H17N3O4S/c1-14-5-6-15(8-12(14)16)20(17,18)9-3-4-10(13)11(7-9)19-2/h3-4,7H,5-6,8,13H2,1-2H3. The van der Waals surface area contributed by atoms with Crippen molar-refractivity contribution in [2.24, 2.45) is 0 Å². The highest BCUT2D eigenvalue weighted by Crippen LogP contribution is 2.27. The van der Waals surface area contributed by atoms with Crippen LogP contribution in [0.4, 0.5) is 5.69 Å². The maximum atomic E-state index is 12.5. The Morgan fingerprint density at radius 3 is 2.60 bits per heavy atom. The van der Waals surface area contributed by atoms with Gasteiger partial charge in [-0.15, -0.1) is 0 Å². The maximum Gasteiger partial charge on any atom is 0.243 e. The molecule has 1 fully saturated rings. The molecule has 0 bridgehead atoms. The minimum absolute atomic E-state index is 0.0703. The summed E-state index contributed by atoms with van der Waals surface area (Å²) in [4.78, 5) is 13.2. The molecule has 0 spiro atoms. The van der Waals surface area contributed by atoms with Gasteiger partial charge in [0.05, 0.1) is 24.2 Å². The molecule has 8 heteroatoms. The van der Waals surface area contributed by atoms with Gasteiger partial charge in [-0.05, 0) is 12.1 Å². The van der Waals surface area contributed by atoms with E-state index in [9.17, 15) is 13.2 Å². The first kappa shape index (κ1) is 14.6. The molecule has 0 radical (unpaired) electrons. The summed E-state index contributed by atoms with van der Waals surface area (Å²) in [5, 5.41) is 0. The van der Waals surface area contributed by atoms with E-state index in [0.29, 0.717) is 18.0 Å². The molecule has 2 rings (SSSR count). The Morgan fingerprint density at radius 1 is 1.30 bits per heavy atom. The zero-order valence-corrected chi connectivity index (χ0v) is 12.2. The molecule has 0 atom stereocenters. The number of amides is 1. The highest BCUT2D eigenvalue weighted by atomic mass is 32.2. The monoisotopic (exact) mass is 299 g/mol. The van der Waals surface area contributed by atoms with Gasteiger partial charge >= 0.3 is 0 Å². The summed E-state index contributed by atoms with van der Waals surface area (Å²) in [6, 6.07) is 4.26. The number of sulfonamides is 1. The molecule has 0 aromatic heterocycles. The minimum Gasteiger partial charge on any atom is -0.495 e. The molecule has 1 amide bonds. The fraction of sp³-hybridized carbons (Fsp3) is 0.417. The van der Waals surface area contributed by atoms with Crippen LogP contribution in [-0.4, -0.2) is 57.3 Å². The first-order valence-corrected chi connectivity index (χ1v) is 7.48. The van der Waals surface area contributed by atoms with Gasteiger partial charge in [0.2, 0.25) is 15.9 Å². The molecule has 20 heavy (non-hydrogen) atoms. The van der Waals surface area contributed by atoms with E-state index >= 15 is 0 Å². The van der Waals surface area contributed by atoms with Crippen LogP contribution < -0.4 is 10.5 Å². The SMILES string of the molecule is COc1cc(S(=O)(=O)N2CCN(C)C(=O)C2)ccc1N. The fourth-order valence-corrected chi connectivity index (χ4v) is 3.34. The van der Waals surface area contributed by atoms with Gasteiger partial charge in [0, 0.05) is 26.2 Å². The molecule has 1 aliphatic rings. The summed E-state index contributed by atoms with van der Waals surface area (Å²) in [6.45, 7) is 0.507. The minimum atomic E-state index is -3.72. The van der Waals surface area contributed by atoms with Crippen molar-refractivity contribution in [2.45, 2.75) is 4.90 Å². The Bertz CT molecular complexity index is 630. The molecule has 2 N–H and O–H groups in total. The number of ether oxygens (including phenoxy) is 1. The molecule has 110 valence electrons. The normalized spacial score (nSPS) is 17.3. The molecule has 1 aliphatic heterocycles. The van der Waals surface area contributed by atoms with Crippen molar-refractivity contribution >= 4 is 21.6 Å². The van der Waals surface area contributed by atoms with E-state index in [-0.39, 0.29) is 23.9 Å². The summed E-state index contributed by atoms with van der Waals surface area (Å²) < 4.78 is 31.1. The van der Waals surface area contributed by atoms with Crippen molar-refractivity contribution in [3.63, 3.8) is 0 Å². The van der Waals surface area contributed by atoms with Gasteiger partial charge in [-0.2, -0.15) is 4.31 Å². The Labute approximate surface area is 118 Å². The molecule has 1 saturated heterocycles. The molecule has 0 unspecified atom stereocenters. The number of likely N-dealkylation sites (N-methyl/N-ethyl adjacent to an activating group) is 1. The van der Waals surface area contributed by atoms with Gasteiger partial charge in [-0.1, -0.05) is 0 Å². The average Bonchev–Trinajstić information content (AvgIpc) is 2.42. The lowest BCUT2D eigenvalue weighted by Gasteiger charge is -2.31. The first-order valence-electron chi connectivity index (χ1n) is 6.04. The van der Waals surface area contributed by atoms with Crippen LogP contribution in [0, 0.1) is 0 Å². The van der Waals surface area contributed by atoms with Gasteiger partial charge in [-0.25, -0.2) is 8.42 Å². The van der Waals surface area contributed by atoms with E-state index in [1.54, 1.807) is 7.05 Å². The number of methoxy groups -OCH3 is 1. The van der Waals surface area contributed by atoms with E-state index in [4.69, 9.17) is 10.5 Å². The summed E-state index contributed by atoms with van der Waals surface area (Å²) in [5.74, 6) is 0.0776. The third kappa shape index (κ3) is 2.56. The van der Waals surface area contributed by atoms with Gasteiger partial charge < -0.3 is 15.4 Å². The van der Waals surface area contributed by atoms with Crippen LogP contribution in [0.5, 0.6) is 5.75 Å². The maximum absolute atomic E-state index is 12.5. The number of carbonyl (C=O) groups excluding carboxylic acids is 1. The quantitative estimate of drug-likeness (QED) is 0.776. The lowest BCUT2D eigenvalue weighted by atomic mass is 10.3. The van der Waals surface area contributed by atoms with Crippen molar-refractivity contribution in [2.75, 3.05) is 39.5 Å². The third-order valence-electron chi connectivity index (χ3n) is 3.26. The van der Waals surface area contributed by atoms with Gasteiger partial charge in [0.25, 0.3) is 0 Å². The molecule has 1 heterocycles. The number of piperazine rings is 1. The number of anilines is 1. The lowest BCUT2D eigenvalue weighted by molar-refractivity contribution is -0.132. The van der Waals surface area contributed by atoms with Crippen molar-refractivity contribution in [3.05, 3.63) is 18.2 Å². The van der Waals surface area contributed by atoms with E-state index in [2.05, 4.69) is 0 Å². The number of carbonyl (C=O) groups is 1. The summed E-state index contributed by atoms with van der Waals surface area (Å²) in [7, 11) is -0.648. The number of nitrogen functional groups attached to an aromatic ring is 1. The van der Waals surface area contributed by atoms with Crippen molar-refractivity contribution < 1.29 is 17.9 Å². The van der Waals surface area contributed by atoms with Crippen molar-refractivity contribution in [1.82, 2.24) is 9.21 Å². The fourth-order valence-electron chi connectivity index (χ4n) is 1.94. The lowest BCUT2D eigenvalue weighted by Crippen LogP contribution is -2.50. The Morgan fingerprint density at radius 2 is 2.00 bits per heavy atom. The highest BCUT2D eigenvalue weighted by Gasteiger charge is 2.31. The Kier molecular flexibility index (Phi) is 3.87. The second kappa shape index (κ2) is 5.29. The summed E-state index contributed by atoms with van der Waals surface area (Å²) in [5.41, 5.74) is 6.03. The number of rotatable bonds is 3. The summed E-state index contributed by atoms with van der Waals surface area (Å²) in [6.07, 6.45) is 0. The van der Waals surface area contributed by atoms with Crippen molar-refractivity contribution in [1.29, 1.82) is 0 Å². The van der Waals surface area contributed by atoms with Crippen LogP contribution in [0.25, 0.3) is 0 Å². The topological polar surface area (TPSA) is 92.9 Å². The van der Waals surface area contributed by atoms with Crippen LogP contribution in [0.15, 0.2) is 23.1 Å². The second-order valence-electron chi connectivity index (χ2n) is 4.56. The van der Waals surface area contributed by atoms with Crippen LogP contribution in [-0.2, 0) is 14.8 Å². The van der Waals surface area contributed by atoms with E-state index < -0.39 is 10.0 Å². The molecule has 7 nitrogen and oxygen atoms in total. The van der Waals surface area contributed by atoms with E-state index in [1.165, 1.54) is 34.5 Å². The van der Waals surface area contributed by atoms with E-state index in [0.717, 1.165) is 0 Å². The first-order chi connectivity index (χ1) is 9.36. The zero-order chi connectivity index (χ0) is 14.9. The van der Waals surface area contributed by atoms with Crippen molar-refractivity contribution in [3.8, 4) is 5.75 Å². The number of hydrogen-bond acceptors (Lipinski definition) is 5. The largest absolute Gasteiger partial charge is 0.495 e. The molecule has 0 saturated carbocycles. The molecule has 1 aromatic rings. The number of hydrogen-bond donors (Lipinski definition) is 1.